The highest BCUT2D eigenvalue weighted by Crippen LogP contribution is 2.14. The maximum Gasteiger partial charge on any atom is 0.410 e. The molecule has 2 rings (SSSR count). The second-order valence-electron chi connectivity index (χ2n) is 6.59. The fourth-order valence-corrected chi connectivity index (χ4v) is 2.18. The van der Waals surface area contributed by atoms with Crippen molar-refractivity contribution < 1.29 is 23.9 Å². The van der Waals surface area contributed by atoms with Crippen LogP contribution in [0.25, 0.3) is 0 Å². The molecule has 0 saturated carbocycles. The highest BCUT2D eigenvalue weighted by molar-refractivity contribution is 5.94. The molecule has 7 nitrogen and oxygen atoms in total. The summed E-state index contributed by atoms with van der Waals surface area (Å²) in [6.45, 7) is 5.36. The van der Waals surface area contributed by atoms with E-state index >= 15 is 0 Å². The van der Waals surface area contributed by atoms with Gasteiger partial charge in [-0.3, -0.25) is 9.69 Å². The lowest BCUT2D eigenvalue weighted by atomic mass is 10.2. The number of carbonyl (C=O) groups excluding carboxylic acids is 3. The number of rotatable bonds is 3. The van der Waals surface area contributed by atoms with Crippen LogP contribution >= 0.6 is 0 Å². The van der Waals surface area contributed by atoms with Crippen molar-refractivity contribution in [3.63, 3.8) is 0 Å². The first-order valence-electron chi connectivity index (χ1n) is 7.72. The van der Waals surface area contributed by atoms with Crippen molar-refractivity contribution >= 4 is 18.0 Å². The Morgan fingerprint density at radius 3 is 2.54 bits per heavy atom. The Morgan fingerprint density at radius 2 is 1.92 bits per heavy atom. The van der Waals surface area contributed by atoms with Crippen molar-refractivity contribution in [2.24, 2.45) is 0 Å². The fourth-order valence-electron chi connectivity index (χ4n) is 2.18. The predicted octanol–water partition coefficient (Wildman–Crippen LogP) is 2.10. The quantitative estimate of drug-likeness (QED) is 0.915. The first kappa shape index (κ1) is 17.8. The summed E-state index contributed by atoms with van der Waals surface area (Å²) in [5.74, 6) is -0.252. The molecule has 1 heterocycles. The molecule has 1 aromatic rings. The Kier molecular flexibility index (Phi) is 5.43. The molecule has 0 spiro atoms. The second-order valence-corrected chi connectivity index (χ2v) is 6.59. The van der Waals surface area contributed by atoms with Gasteiger partial charge in [0.25, 0.3) is 0 Å². The van der Waals surface area contributed by atoms with Gasteiger partial charge in [-0.2, -0.15) is 0 Å². The van der Waals surface area contributed by atoms with E-state index in [1.54, 1.807) is 20.8 Å². The highest BCUT2D eigenvalue weighted by Gasteiger charge is 2.36. The Balaban J connectivity index is 1.81. The Bertz CT molecular complexity index is 609. The Hall–Kier alpha value is -2.57. The molecule has 0 bridgehead atoms. The first-order valence-corrected chi connectivity index (χ1v) is 7.72. The molecule has 0 unspecified atom stereocenters. The van der Waals surface area contributed by atoms with Crippen LogP contribution in [0.5, 0.6) is 0 Å². The molecule has 1 aromatic carbocycles. The van der Waals surface area contributed by atoms with Gasteiger partial charge < -0.3 is 14.8 Å². The summed E-state index contributed by atoms with van der Waals surface area (Å²) in [6.07, 6.45) is -1.26. The van der Waals surface area contributed by atoms with E-state index in [0.717, 1.165) is 5.56 Å². The molecule has 1 aliphatic rings. The number of ether oxygens (including phenoxy) is 2. The first-order chi connectivity index (χ1) is 11.2. The van der Waals surface area contributed by atoms with Crippen LogP contribution in [-0.2, 0) is 20.9 Å². The summed E-state index contributed by atoms with van der Waals surface area (Å²) in [6, 6.07) is 8.44. The van der Waals surface area contributed by atoms with Crippen LogP contribution in [0.4, 0.5) is 9.59 Å². The zero-order chi connectivity index (χ0) is 17.7. The molecule has 1 atom stereocenters. The molecule has 0 aliphatic carbocycles. The normalized spacial score (nSPS) is 17.5. The number of nitrogens with zero attached hydrogens (tertiary/aromatic N) is 1. The number of amides is 2. The maximum atomic E-state index is 12.0. The van der Waals surface area contributed by atoms with Gasteiger partial charge in [0, 0.05) is 0 Å². The number of carbonyl (C=O) groups is 3. The predicted molar refractivity (Wildman–Crippen MR) is 86.4 cm³/mol. The highest BCUT2D eigenvalue weighted by atomic mass is 16.6. The van der Waals surface area contributed by atoms with Gasteiger partial charge in [-0.05, 0) is 26.3 Å². The summed E-state index contributed by atoms with van der Waals surface area (Å²) >= 11 is 0. The number of Topliss-reactive ketones (excluding diaryl/α,β-unsaturated/α-hetero) is 1. The van der Waals surface area contributed by atoms with Crippen LogP contribution in [0, 0.1) is 0 Å². The van der Waals surface area contributed by atoms with Gasteiger partial charge in [-0.25, -0.2) is 9.59 Å². The summed E-state index contributed by atoms with van der Waals surface area (Å²) in [5.41, 5.74) is 0.209. The lowest BCUT2D eigenvalue weighted by Gasteiger charge is -2.23. The molecular formula is C17H22N2O5. The number of nitrogens with one attached hydrogen (secondary N) is 1. The van der Waals surface area contributed by atoms with E-state index in [0.29, 0.717) is 0 Å². The molecule has 1 N–H and O–H groups in total. The van der Waals surface area contributed by atoms with Gasteiger partial charge in [-0.1, -0.05) is 30.3 Å². The van der Waals surface area contributed by atoms with E-state index in [-0.39, 0.29) is 25.5 Å². The molecule has 0 aromatic heterocycles. The number of hydrogen-bond donors (Lipinski definition) is 1. The lowest BCUT2D eigenvalue weighted by molar-refractivity contribution is -0.118. The van der Waals surface area contributed by atoms with E-state index < -0.39 is 23.8 Å². The minimum Gasteiger partial charge on any atom is -0.445 e. The molecule has 24 heavy (non-hydrogen) atoms. The largest absolute Gasteiger partial charge is 0.445 e. The van der Waals surface area contributed by atoms with Gasteiger partial charge in [0.05, 0.1) is 13.1 Å². The van der Waals surface area contributed by atoms with Crippen molar-refractivity contribution in [1.29, 1.82) is 0 Å². The number of likely N-dealkylation sites (tertiary alicyclic amines) is 1. The summed E-state index contributed by atoms with van der Waals surface area (Å²) < 4.78 is 10.3. The third-order valence-electron chi connectivity index (χ3n) is 3.29. The standard InChI is InChI=1S/C17H22N2O5/c1-17(2,3)24-16(22)19-9-13(14(20)10-19)18-15(21)23-11-12-7-5-4-6-8-12/h4-8,13H,9-11H2,1-3H3,(H,18,21)/t13-/m0/s1. The average molecular weight is 334 g/mol. The smallest absolute Gasteiger partial charge is 0.410 e. The monoisotopic (exact) mass is 334 g/mol. The topological polar surface area (TPSA) is 84.9 Å². The zero-order valence-electron chi connectivity index (χ0n) is 14.1. The second kappa shape index (κ2) is 7.33. The lowest BCUT2D eigenvalue weighted by Crippen LogP contribution is -2.42. The fraction of sp³-hybridized carbons (Fsp3) is 0.471. The van der Waals surface area contributed by atoms with Crippen molar-refractivity contribution in [3.05, 3.63) is 35.9 Å². The van der Waals surface area contributed by atoms with Crippen molar-refractivity contribution in [1.82, 2.24) is 10.2 Å². The van der Waals surface area contributed by atoms with Crippen molar-refractivity contribution in [3.8, 4) is 0 Å². The molecule has 0 radical (unpaired) electrons. The average Bonchev–Trinajstić information content (AvgIpc) is 2.86. The van der Waals surface area contributed by atoms with E-state index in [4.69, 9.17) is 9.47 Å². The molecule has 130 valence electrons. The van der Waals surface area contributed by atoms with Crippen LogP contribution in [0.15, 0.2) is 30.3 Å². The van der Waals surface area contributed by atoms with E-state index in [1.165, 1.54) is 4.90 Å². The Morgan fingerprint density at radius 1 is 1.25 bits per heavy atom. The molecule has 1 saturated heterocycles. The van der Waals surface area contributed by atoms with E-state index in [1.807, 2.05) is 30.3 Å². The van der Waals surface area contributed by atoms with Gasteiger partial charge in [0.1, 0.15) is 18.2 Å². The minimum absolute atomic E-state index is 0.0776. The SMILES string of the molecule is CC(C)(C)OC(=O)N1CC(=O)[C@@H](NC(=O)OCc2ccccc2)C1. The van der Waals surface area contributed by atoms with Gasteiger partial charge in [0.15, 0.2) is 5.78 Å². The number of alkyl carbamates (subject to hydrolysis) is 1. The molecular weight excluding hydrogens is 312 g/mol. The van der Waals surface area contributed by atoms with Crippen LogP contribution in [0.2, 0.25) is 0 Å². The Labute approximate surface area is 140 Å². The van der Waals surface area contributed by atoms with Crippen LogP contribution in [0.1, 0.15) is 26.3 Å². The zero-order valence-corrected chi connectivity index (χ0v) is 14.1. The molecule has 7 heteroatoms. The number of benzene rings is 1. The summed E-state index contributed by atoms with van der Waals surface area (Å²) in [7, 11) is 0. The summed E-state index contributed by atoms with van der Waals surface area (Å²) in [5, 5.41) is 2.49. The molecule has 1 fully saturated rings. The minimum atomic E-state index is -0.777. The molecule has 2 amide bonds. The molecule has 1 aliphatic heterocycles. The van der Waals surface area contributed by atoms with Crippen molar-refractivity contribution in [2.75, 3.05) is 13.1 Å². The number of ketones is 1. The van der Waals surface area contributed by atoms with E-state index in [9.17, 15) is 14.4 Å². The third-order valence-corrected chi connectivity index (χ3v) is 3.29. The van der Waals surface area contributed by atoms with Crippen LogP contribution in [0.3, 0.4) is 0 Å². The third kappa shape index (κ3) is 5.26. The van der Waals surface area contributed by atoms with Gasteiger partial charge in [0.2, 0.25) is 0 Å². The van der Waals surface area contributed by atoms with Gasteiger partial charge >= 0.3 is 12.2 Å². The summed E-state index contributed by atoms with van der Waals surface area (Å²) in [4.78, 5) is 37.0. The van der Waals surface area contributed by atoms with Crippen LogP contribution in [-0.4, -0.2) is 47.6 Å². The van der Waals surface area contributed by atoms with Gasteiger partial charge in [-0.15, -0.1) is 0 Å². The van der Waals surface area contributed by atoms with E-state index in [2.05, 4.69) is 5.32 Å². The number of hydrogen-bond acceptors (Lipinski definition) is 5. The van der Waals surface area contributed by atoms with Crippen LogP contribution < -0.4 is 5.32 Å². The maximum absolute atomic E-state index is 12.0. The van der Waals surface area contributed by atoms with Crippen molar-refractivity contribution in [2.45, 2.75) is 39.0 Å².